The van der Waals surface area contributed by atoms with Crippen molar-refractivity contribution in [1.29, 1.82) is 0 Å². The first-order valence-electron chi connectivity index (χ1n) is 19.3. The highest BCUT2D eigenvalue weighted by atomic mass is 16.8. The van der Waals surface area contributed by atoms with Gasteiger partial charge in [0.25, 0.3) is 0 Å². The van der Waals surface area contributed by atoms with Crippen LogP contribution in [0.1, 0.15) is 47.6 Å². The minimum Gasteiger partial charge on any atom is -0.294 e. The molecule has 2 aromatic heterocycles. The largest absolute Gasteiger partial charge is 0.294 e. The molecule has 0 aliphatic carbocycles. The molecule has 0 spiro atoms. The molecular formula is C51H40N4O. The van der Waals surface area contributed by atoms with E-state index in [0.29, 0.717) is 5.92 Å². The van der Waals surface area contributed by atoms with Crippen molar-refractivity contribution in [3.05, 3.63) is 228 Å². The number of nitrogens with zero attached hydrogens (tertiary/aromatic N) is 4. The van der Waals surface area contributed by atoms with E-state index < -0.39 is 5.41 Å². The molecular weight excluding hydrogens is 685 g/mol. The second-order valence-corrected chi connectivity index (χ2v) is 14.7. The molecule has 10 rings (SSSR count). The van der Waals surface area contributed by atoms with Gasteiger partial charge in [-0.1, -0.05) is 147 Å². The summed E-state index contributed by atoms with van der Waals surface area (Å²) in [7, 11) is 0. The average Bonchev–Trinajstić information content (AvgIpc) is 3.82. The Morgan fingerprint density at radius 3 is 1.71 bits per heavy atom. The zero-order chi connectivity index (χ0) is 37.6. The van der Waals surface area contributed by atoms with E-state index in [0.717, 1.165) is 50.7 Å². The van der Waals surface area contributed by atoms with Gasteiger partial charge in [-0.15, -0.1) is 4.94 Å². The van der Waals surface area contributed by atoms with Gasteiger partial charge in [0.2, 0.25) is 0 Å². The Kier molecular flexibility index (Phi) is 8.23. The van der Waals surface area contributed by atoms with Crippen LogP contribution in [0.25, 0.3) is 27.6 Å². The fourth-order valence-electron chi connectivity index (χ4n) is 8.52. The van der Waals surface area contributed by atoms with Gasteiger partial charge in [0.1, 0.15) is 5.82 Å². The van der Waals surface area contributed by atoms with E-state index in [1.54, 1.807) is 0 Å². The summed E-state index contributed by atoms with van der Waals surface area (Å²) >= 11 is 0. The number of fused-ring (bicyclic) bond motifs is 4. The molecule has 1 aliphatic rings. The molecule has 0 unspecified atom stereocenters. The van der Waals surface area contributed by atoms with Crippen LogP contribution in [0.2, 0.25) is 0 Å². The Balaban J connectivity index is 1.23. The zero-order valence-electron chi connectivity index (χ0n) is 31.3. The molecule has 1 aliphatic heterocycles. The lowest BCUT2D eigenvalue weighted by atomic mass is 9.65. The van der Waals surface area contributed by atoms with Crippen molar-refractivity contribution in [1.82, 2.24) is 9.55 Å². The first-order chi connectivity index (χ1) is 27.6. The summed E-state index contributed by atoms with van der Waals surface area (Å²) in [4.78, 5) is 11.7. The Morgan fingerprint density at radius 2 is 1.02 bits per heavy atom. The number of aromatic nitrogens is 2. The first-order valence-corrected chi connectivity index (χ1v) is 19.3. The summed E-state index contributed by atoms with van der Waals surface area (Å²) in [6.07, 6.45) is 1.94. The summed E-state index contributed by atoms with van der Waals surface area (Å²) in [6.45, 7) is 4.46. The fourth-order valence-corrected chi connectivity index (χ4v) is 8.52. The minimum absolute atomic E-state index is 0.378. The van der Waals surface area contributed by atoms with Crippen LogP contribution in [-0.2, 0) is 10.4 Å². The topological polar surface area (TPSA) is 33.5 Å². The third-order valence-corrected chi connectivity index (χ3v) is 11.2. The maximum atomic E-state index is 6.73. The highest BCUT2D eigenvalue weighted by molar-refractivity contribution is 6.09. The number of pyridine rings is 1. The lowest BCUT2D eigenvalue weighted by Crippen LogP contribution is -2.31. The van der Waals surface area contributed by atoms with E-state index in [9.17, 15) is 0 Å². The number of benzene rings is 7. The summed E-state index contributed by atoms with van der Waals surface area (Å²) in [6, 6.07) is 69.2. The van der Waals surface area contributed by atoms with Crippen molar-refractivity contribution in [3.63, 3.8) is 0 Å². The second kappa shape index (κ2) is 13.7. The molecule has 0 saturated heterocycles. The molecule has 270 valence electrons. The van der Waals surface area contributed by atoms with E-state index in [1.165, 1.54) is 27.5 Å². The van der Waals surface area contributed by atoms with Crippen molar-refractivity contribution < 1.29 is 4.94 Å². The number of para-hydroxylation sites is 4. The summed E-state index contributed by atoms with van der Waals surface area (Å²) in [5, 5.41) is 6.23. The third-order valence-electron chi connectivity index (χ3n) is 11.2. The molecule has 9 aromatic rings. The van der Waals surface area contributed by atoms with Gasteiger partial charge in [0.05, 0.1) is 39.2 Å². The van der Waals surface area contributed by atoms with Crippen molar-refractivity contribution >= 4 is 44.6 Å². The Labute approximate surface area is 327 Å². The summed E-state index contributed by atoms with van der Waals surface area (Å²) in [5.74, 6) is 1.29. The Hall–Kier alpha value is -6.95. The van der Waals surface area contributed by atoms with Crippen molar-refractivity contribution in [2.24, 2.45) is 0 Å². The summed E-state index contributed by atoms with van der Waals surface area (Å²) in [5.41, 5.74) is 11.2. The van der Waals surface area contributed by atoms with Gasteiger partial charge in [-0.05, 0) is 94.4 Å². The van der Waals surface area contributed by atoms with Crippen LogP contribution in [-0.4, -0.2) is 9.55 Å². The van der Waals surface area contributed by atoms with Gasteiger partial charge in [-0.3, -0.25) is 4.57 Å². The lowest BCUT2D eigenvalue weighted by Gasteiger charge is -2.37. The van der Waals surface area contributed by atoms with Gasteiger partial charge in [-0.2, -0.15) is 10.1 Å². The van der Waals surface area contributed by atoms with Crippen LogP contribution in [0.15, 0.2) is 200 Å². The molecule has 5 heteroatoms. The molecule has 56 heavy (non-hydrogen) atoms. The van der Waals surface area contributed by atoms with E-state index in [-0.39, 0.29) is 0 Å². The standard InChI is InChI=1S/C51H40N4O/c1-36(2)37-31-32-52-50(33-37)53-46-26-13-12-25-44(46)45-30-29-41(35-49(45)53)51(38-17-6-3-7-18-38,39-19-8-4-9-20-39)40-21-16-24-43(34-40)55-48-28-15-14-27-47(48)54(56-55)42-22-10-5-11-23-42/h3-36H,1-2H3. The van der Waals surface area contributed by atoms with Crippen LogP contribution >= 0.6 is 0 Å². The van der Waals surface area contributed by atoms with Gasteiger partial charge >= 0.3 is 0 Å². The number of anilines is 4. The van der Waals surface area contributed by atoms with Gasteiger partial charge in [-0.25, -0.2) is 4.98 Å². The molecule has 0 atom stereocenters. The molecule has 7 aromatic carbocycles. The maximum Gasteiger partial charge on any atom is 0.137 e. The summed E-state index contributed by atoms with van der Waals surface area (Å²) < 4.78 is 2.34. The van der Waals surface area contributed by atoms with Gasteiger partial charge in [0, 0.05) is 17.0 Å². The van der Waals surface area contributed by atoms with Crippen LogP contribution < -0.4 is 10.1 Å². The van der Waals surface area contributed by atoms with Crippen molar-refractivity contribution in [3.8, 4) is 5.82 Å². The van der Waals surface area contributed by atoms with Crippen LogP contribution in [0.5, 0.6) is 0 Å². The van der Waals surface area contributed by atoms with E-state index in [4.69, 9.17) is 9.92 Å². The predicted molar refractivity (Wildman–Crippen MR) is 229 cm³/mol. The highest BCUT2D eigenvalue weighted by Gasteiger charge is 2.40. The fraction of sp³-hybridized carbons (Fsp3) is 0.0784. The first kappa shape index (κ1) is 33.6. The van der Waals surface area contributed by atoms with Gasteiger partial charge < -0.3 is 0 Å². The maximum absolute atomic E-state index is 6.73. The molecule has 0 radical (unpaired) electrons. The quantitative estimate of drug-likeness (QED) is 0.146. The molecule has 0 bridgehead atoms. The smallest absolute Gasteiger partial charge is 0.137 e. The molecule has 3 heterocycles. The Morgan fingerprint density at radius 1 is 0.464 bits per heavy atom. The zero-order valence-corrected chi connectivity index (χ0v) is 31.3. The van der Waals surface area contributed by atoms with Crippen LogP contribution in [0.4, 0.5) is 22.7 Å². The molecule has 0 fully saturated rings. The van der Waals surface area contributed by atoms with E-state index in [1.807, 2.05) is 34.5 Å². The molecule has 0 amide bonds. The SMILES string of the molecule is CC(C)c1ccnc(-n2c3ccccc3c3ccc(C(c4ccccc4)(c4ccccc4)c4cccc(N5ON(c6ccccc6)c6ccccc65)c4)cc32)c1. The number of rotatable bonds is 8. The molecule has 0 saturated carbocycles. The second-order valence-electron chi connectivity index (χ2n) is 14.7. The predicted octanol–water partition coefficient (Wildman–Crippen LogP) is 12.8. The third kappa shape index (κ3) is 5.39. The number of hydrogen-bond acceptors (Lipinski definition) is 4. The molecule has 5 nitrogen and oxygen atoms in total. The lowest BCUT2D eigenvalue weighted by molar-refractivity contribution is 0.156. The number of hydrogen-bond donors (Lipinski definition) is 0. The van der Waals surface area contributed by atoms with Crippen LogP contribution in [0, 0.1) is 0 Å². The van der Waals surface area contributed by atoms with E-state index in [2.05, 4.69) is 194 Å². The van der Waals surface area contributed by atoms with Crippen molar-refractivity contribution in [2.45, 2.75) is 25.2 Å². The average molecular weight is 725 g/mol. The van der Waals surface area contributed by atoms with Crippen LogP contribution in [0.3, 0.4) is 0 Å². The highest BCUT2D eigenvalue weighted by Crippen LogP contribution is 2.50. The monoisotopic (exact) mass is 724 g/mol. The Bertz CT molecular complexity index is 2790. The normalized spacial score (nSPS) is 12.8. The molecule has 0 N–H and O–H groups in total. The minimum atomic E-state index is -0.709. The van der Waals surface area contributed by atoms with Crippen molar-refractivity contribution in [2.75, 3.05) is 10.1 Å². The van der Waals surface area contributed by atoms with Gasteiger partial charge in [0.15, 0.2) is 0 Å². The van der Waals surface area contributed by atoms with E-state index >= 15 is 0 Å².